The molecule has 0 bridgehead atoms. The summed E-state index contributed by atoms with van der Waals surface area (Å²) in [5.41, 5.74) is 3.87. The van der Waals surface area contributed by atoms with E-state index in [0.717, 1.165) is 15.7 Å². The lowest BCUT2D eigenvalue weighted by Gasteiger charge is -2.13. The number of carbonyl (C=O) groups excluding carboxylic acids is 2. The van der Waals surface area contributed by atoms with Gasteiger partial charge >= 0.3 is 0 Å². The van der Waals surface area contributed by atoms with E-state index >= 15 is 0 Å². The van der Waals surface area contributed by atoms with Crippen LogP contribution in [0.4, 0.5) is 17.1 Å². The van der Waals surface area contributed by atoms with Crippen molar-refractivity contribution >= 4 is 44.8 Å². The fourth-order valence-electron chi connectivity index (χ4n) is 2.84. The molecular formula is C21H14BrN3O2. The maximum atomic E-state index is 12.6. The Kier molecular flexibility index (Phi) is 4.41. The Morgan fingerprint density at radius 1 is 0.741 bits per heavy atom. The number of benzene rings is 3. The van der Waals surface area contributed by atoms with Crippen LogP contribution >= 0.6 is 15.9 Å². The summed E-state index contributed by atoms with van der Waals surface area (Å²) in [4.78, 5) is 26.4. The van der Waals surface area contributed by atoms with Crippen LogP contribution in [0.15, 0.2) is 81.4 Å². The minimum absolute atomic E-state index is 0.323. The van der Waals surface area contributed by atoms with Crippen molar-refractivity contribution in [1.29, 1.82) is 0 Å². The van der Waals surface area contributed by atoms with Crippen LogP contribution in [-0.2, 0) is 0 Å². The summed E-state index contributed by atoms with van der Waals surface area (Å²) < 4.78 is 0.760. The molecule has 0 N–H and O–H groups in total. The number of hydrogen-bond donors (Lipinski definition) is 0. The van der Waals surface area contributed by atoms with Gasteiger partial charge in [0.15, 0.2) is 0 Å². The summed E-state index contributed by atoms with van der Waals surface area (Å²) in [5, 5.41) is 8.38. The summed E-state index contributed by atoms with van der Waals surface area (Å²) >= 11 is 3.33. The maximum absolute atomic E-state index is 12.6. The average Bonchev–Trinajstić information content (AvgIpc) is 2.92. The van der Waals surface area contributed by atoms with Crippen molar-refractivity contribution in [3.8, 4) is 0 Å². The van der Waals surface area contributed by atoms with Gasteiger partial charge in [0.25, 0.3) is 11.8 Å². The van der Waals surface area contributed by atoms with Crippen LogP contribution < -0.4 is 4.90 Å². The molecule has 132 valence electrons. The second kappa shape index (κ2) is 6.89. The molecule has 0 saturated heterocycles. The topological polar surface area (TPSA) is 62.1 Å². The first-order valence-electron chi connectivity index (χ1n) is 8.30. The number of imide groups is 1. The zero-order valence-corrected chi connectivity index (χ0v) is 16.0. The molecule has 0 spiro atoms. The summed E-state index contributed by atoms with van der Waals surface area (Å²) in [7, 11) is 0. The highest BCUT2D eigenvalue weighted by atomic mass is 79.9. The van der Waals surface area contributed by atoms with Crippen molar-refractivity contribution in [1.82, 2.24) is 0 Å². The number of halogens is 1. The number of nitrogens with zero attached hydrogens (tertiary/aromatic N) is 3. The van der Waals surface area contributed by atoms with Gasteiger partial charge in [-0.25, -0.2) is 4.90 Å². The number of rotatable bonds is 3. The third kappa shape index (κ3) is 3.31. The number of anilines is 1. The number of carbonyl (C=O) groups is 2. The monoisotopic (exact) mass is 419 g/mol. The predicted octanol–water partition coefficient (Wildman–Crippen LogP) is 5.97. The summed E-state index contributed by atoms with van der Waals surface area (Å²) in [6.45, 7) is 2.01. The number of amides is 2. The fourth-order valence-corrected chi connectivity index (χ4v) is 3.20. The number of fused-ring (bicyclic) bond motifs is 1. The van der Waals surface area contributed by atoms with Crippen molar-refractivity contribution in [3.63, 3.8) is 0 Å². The molecular weight excluding hydrogens is 406 g/mol. The largest absolute Gasteiger partial charge is 0.268 e. The van der Waals surface area contributed by atoms with E-state index in [1.165, 1.54) is 4.90 Å². The molecule has 5 nitrogen and oxygen atoms in total. The molecule has 3 aromatic carbocycles. The Bertz CT molecular complexity index is 1070. The maximum Gasteiger partial charge on any atom is 0.266 e. The van der Waals surface area contributed by atoms with E-state index in [2.05, 4.69) is 26.2 Å². The van der Waals surface area contributed by atoms with E-state index in [4.69, 9.17) is 0 Å². The van der Waals surface area contributed by atoms with Gasteiger partial charge in [-0.2, -0.15) is 10.2 Å². The lowest BCUT2D eigenvalue weighted by atomic mass is 10.1. The van der Waals surface area contributed by atoms with Crippen molar-refractivity contribution in [3.05, 3.63) is 87.9 Å². The van der Waals surface area contributed by atoms with E-state index < -0.39 is 0 Å². The molecule has 0 aromatic heterocycles. The molecule has 0 saturated carbocycles. The quantitative estimate of drug-likeness (QED) is 0.387. The van der Waals surface area contributed by atoms with Crippen LogP contribution in [0.1, 0.15) is 26.3 Å². The molecule has 0 atom stereocenters. The van der Waals surface area contributed by atoms with Gasteiger partial charge in [-0.05, 0) is 61.5 Å². The highest BCUT2D eigenvalue weighted by Crippen LogP contribution is 2.31. The van der Waals surface area contributed by atoms with Crippen molar-refractivity contribution < 1.29 is 9.59 Å². The van der Waals surface area contributed by atoms with E-state index in [1.54, 1.807) is 42.5 Å². The summed E-state index contributed by atoms with van der Waals surface area (Å²) in [5.74, 6) is -0.651. The number of aryl methyl sites for hydroxylation is 1. The Balaban J connectivity index is 1.57. The summed E-state index contributed by atoms with van der Waals surface area (Å²) in [6.07, 6.45) is 0. The zero-order valence-electron chi connectivity index (χ0n) is 14.4. The standard InChI is InChI=1S/C21H14BrN3O2/c1-13-2-5-15(6-3-13)23-24-16-7-9-17(10-8-16)25-20(26)18-11-4-14(22)12-19(18)21(25)27/h2-12H,1H3. The highest BCUT2D eigenvalue weighted by Gasteiger charge is 2.36. The smallest absolute Gasteiger partial charge is 0.266 e. The summed E-state index contributed by atoms with van der Waals surface area (Å²) in [6, 6.07) is 19.6. The van der Waals surface area contributed by atoms with E-state index in [9.17, 15) is 9.59 Å². The van der Waals surface area contributed by atoms with Gasteiger partial charge in [0, 0.05) is 4.47 Å². The minimum Gasteiger partial charge on any atom is -0.268 e. The van der Waals surface area contributed by atoms with Gasteiger partial charge in [-0.15, -0.1) is 0 Å². The predicted molar refractivity (Wildman–Crippen MR) is 107 cm³/mol. The Labute approximate surface area is 164 Å². The van der Waals surface area contributed by atoms with E-state index in [-0.39, 0.29) is 11.8 Å². The molecule has 0 aliphatic carbocycles. The van der Waals surface area contributed by atoms with Crippen LogP contribution in [0.25, 0.3) is 0 Å². The molecule has 0 unspecified atom stereocenters. The van der Waals surface area contributed by atoms with Crippen LogP contribution in [0.2, 0.25) is 0 Å². The second-order valence-electron chi connectivity index (χ2n) is 6.19. The Hall–Kier alpha value is -3.12. The van der Waals surface area contributed by atoms with Crippen molar-refractivity contribution in [2.45, 2.75) is 6.92 Å². The molecule has 2 amide bonds. The Morgan fingerprint density at radius 2 is 1.30 bits per heavy atom. The Morgan fingerprint density at radius 3 is 1.93 bits per heavy atom. The zero-order chi connectivity index (χ0) is 19.0. The van der Waals surface area contributed by atoms with E-state index in [1.807, 2.05) is 31.2 Å². The van der Waals surface area contributed by atoms with Gasteiger partial charge in [0.1, 0.15) is 0 Å². The number of hydrogen-bond acceptors (Lipinski definition) is 4. The molecule has 1 aliphatic rings. The van der Waals surface area contributed by atoms with Gasteiger partial charge in [0.2, 0.25) is 0 Å². The van der Waals surface area contributed by atoms with E-state index in [0.29, 0.717) is 22.5 Å². The highest BCUT2D eigenvalue weighted by molar-refractivity contribution is 9.10. The van der Waals surface area contributed by atoms with Crippen molar-refractivity contribution in [2.24, 2.45) is 10.2 Å². The van der Waals surface area contributed by atoms with Crippen LogP contribution in [-0.4, -0.2) is 11.8 Å². The molecule has 3 aromatic rings. The van der Waals surface area contributed by atoms with Gasteiger partial charge in [0.05, 0.1) is 28.2 Å². The van der Waals surface area contributed by atoms with Crippen molar-refractivity contribution in [2.75, 3.05) is 4.90 Å². The minimum atomic E-state index is -0.328. The molecule has 1 aliphatic heterocycles. The van der Waals surface area contributed by atoms with Crippen LogP contribution in [0.3, 0.4) is 0 Å². The van der Waals surface area contributed by atoms with Gasteiger partial charge in [-0.3, -0.25) is 9.59 Å². The molecule has 0 fully saturated rings. The molecule has 4 rings (SSSR count). The lowest BCUT2D eigenvalue weighted by Crippen LogP contribution is -2.29. The van der Waals surface area contributed by atoms with Crippen LogP contribution in [0.5, 0.6) is 0 Å². The molecule has 27 heavy (non-hydrogen) atoms. The van der Waals surface area contributed by atoms with Crippen LogP contribution in [0, 0.1) is 6.92 Å². The normalized spacial score (nSPS) is 13.5. The van der Waals surface area contributed by atoms with Gasteiger partial charge in [-0.1, -0.05) is 33.6 Å². The second-order valence-corrected chi connectivity index (χ2v) is 7.10. The number of azo groups is 1. The first kappa shape index (κ1) is 17.3. The SMILES string of the molecule is Cc1ccc(N=Nc2ccc(N3C(=O)c4ccc(Br)cc4C3=O)cc2)cc1. The molecule has 1 heterocycles. The third-order valence-corrected chi connectivity index (χ3v) is 4.76. The lowest BCUT2D eigenvalue weighted by molar-refractivity contribution is 0.0926. The van der Waals surface area contributed by atoms with Gasteiger partial charge < -0.3 is 0 Å². The molecule has 0 radical (unpaired) electrons. The molecule has 6 heteroatoms. The fraction of sp³-hybridized carbons (Fsp3) is 0.0476. The first-order valence-corrected chi connectivity index (χ1v) is 9.09. The first-order chi connectivity index (χ1) is 13.0. The average molecular weight is 420 g/mol. The third-order valence-electron chi connectivity index (χ3n) is 4.27.